The Labute approximate surface area is 115 Å². The molecule has 1 aromatic carbocycles. The van der Waals surface area contributed by atoms with Crippen molar-refractivity contribution in [3.8, 4) is 5.75 Å². The highest BCUT2D eigenvalue weighted by Gasteiger charge is 2.20. The third-order valence-corrected chi connectivity index (χ3v) is 4.27. The number of H-pyrrole nitrogens is 1. The molecule has 0 radical (unpaired) electrons. The van der Waals surface area contributed by atoms with E-state index in [2.05, 4.69) is 10.3 Å². The highest BCUT2D eigenvalue weighted by molar-refractivity contribution is 7.07. The summed E-state index contributed by atoms with van der Waals surface area (Å²) in [7, 11) is 0. The molecule has 1 aliphatic carbocycles. The Hall–Kier alpha value is -1.59. The number of aromatic nitrogens is 1. The molecule has 1 atom stereocenters. The van der Waals surface area contributed by atoms with Gasteiger partial charge in [-0.3, -0.25) is 4.79 Å². The van der Waals surface area contributed by atoms with E-state index in [1.807, 2.05) is 17.5 Å². The van der Waals surface area contributed by atoms with Crippen molar-refractivity contribution >= 4 is 11.3 Å². The van der Waals surface area contributed by atoms with Gasteiger partial charge in [0.15, 0.2) is 0 Å². The number of aromatic amines is 1. The number of phenolic OH excluding ortho intramolecular Hbond substituents is 1. The zero-order valence-corrected chi connectivity index (χ0v) is 11.3. The highest BCUT2D eigenvalue weighted by Crippen LogP contribution is 2.32. The van der Waals surface area contributed by atoms with Crippen LogP contribution < -0.4 is 10.2 Å². The van der Waals surface area contributed by atoms with Gasteiger partial charge < -0.3 is 15.4 Å². The first-order chi connectivity index (χ1) is 9.22. The Bertz CT molecular complexity index is 632. The maximum absolute atomic E-state index is 11.1. The molecule has 1 unspecified atom stereocenters. The molecule has 3 rings (SSSR count). The van der Waals surface area contributed by atoms with E-state index in [0.717, 1.165) is 25.0 Å². The Kier molecular flexibility index (Phi) is 3.40. The maximum Gasteiger partial charge on any atom is 0.304 e. The number of benzene rings is 1. The van der Waals surface area contributed by atoms with Crippen molar-refractivity contribution in [1.29, 1.82) is 0 Å². The fourth-order valence-corrected chi connectivity index (χ4v) is 3.21. The minimum Gasteiger partial charge on any atom is -0.508 e. The van der Waals surface area contributed by atoms with Gasteiger partial charge in [0.2, 0.25) is 0 Å². The van der Waals surface area contributed by atoms with Crippen molar-refractivity contribution in [2.24, 2.45) is 0 Å². The lowest BCUT2D eigenvalue weighted by Crippen LogP contribution is -2.25. The predicted molar refractivity (Wildman–Crippen MR) is 75.6 cm³/mol. The number of phenols is 1. The summed E-state index contributed by atoms with van der Waals surface area (Å²) >= 11 is 1.19. The van der Waals surface area contributed by atoms with Gasteiger partial charge in [-0.25, -0.2) is 0 Å². The SMILES string of the molecule is O=c1[nH]c(CNC2CCCc3ccc(O)cc32)cs1. The van der Waals surface area contributed by atoms with E-state index in [1.165, 1.54) is 22.5 Å². The third-order valence-electron chi connectivity index (χ3n) is 3.55. The summed E-state index contributed by atoms with van der Waals surface area (Å²) in [4.78, 5) is 13.9. The summed E-state index contributed by atoms with van der Waals surface area (Å²) < 4.78 is 0. The Morgan fingerprint density at radius 3 is 3.16 bits per heavy atom. The molecule has 0 saturated heterocycles. The van der Waals surface area contributed by atoms with Crippen LogP contribution in [-0.2, 0) is 13.0 Å². The third kappa shape index (κ3) is 2.72. The van der Waals surface area contributed by atoms with E-state index < -0.39 is 0 Å². The van der Waals surface area contributed by atoms with Crippen molar-refractivity contribution in [2.45, 2.75) is 31.8 Å². The molecule has 100 valence electrons. The molecular formula is C14H16N2O2S. The fraction of sp³-hybridized carbons (Fsp3) is 0.357. The summed E-state index contributed by atoms with van der Waals surface area (Å²) in [5.74, 6) is 0.316. The maximum atomic E-state index is 11.1. The van der Waals surface area contributed by atoms with Gasteiger partial charge >= 0.3 is 4.87 Å². The Morgan fingerprint density at radius 1 is 1.47 bits per heavy atom. The zero-order chi connectivity index (χ0) is 13.2. The first kappa shape index (κ1) is 12.4. The van der Waals surface area contributed by atoms with E-state index in [1.54, 1.807) is 6.07 Å². The van der Waals surface area contributed by atoms with Gasteiger partial charge in [0.05, 0.1) is 0 Å². The number of rotatable bonds is 3. The number of aryl methyl sites for hydroxylation is 1. The standard InChI is InChI=1S/C14H16N2O2S/c17-11-5-4-9-2-1-3-13(12(9)6-11)15-7-10-8-19-14(18)16-10/h4-6,8,13,15,17H,1-3,7H2,(H,16,18). The second-order valence-electron chi connectivity index (χ2n) is 4.88. The molecule has 4 nitrogen and oxygen atoms in total. The van der Waals surface area contributed by atoms with Crippen LogP contribution >= 0.6 is 11.3 Å². The number of hydrogen-bond donors (Lipinski definition) is 3. The van der Waals surface area contributed by atoms with Crippen LogP contribution in [0.3, 0.4) is 0 Å². The van der Waals surface area contributed by atoms with Gasteiger partial charge in [-0.15, -0.1) is 0 Å². The molecule has 1 aliphatic rings. The smallest absolute Gasteiger partial charge is 0.304 e. The Morgan fingerprint density at radius 2 is 2.37 bits per heavy atom. The molecule has 3 N–H and O–H groups in total. The largest absolute Gasteiger partial charge is 0.508 e. The summed E-state index contributed by atoms with van der Waals surface area (Å²) in [5, 5.41) is 14.9. The zero-order valence-electron chi connectivity index (χ0n) is 10.5. The summed E-state index contributed by atoms with van der Waals surface area (Å²) in [5.41, 5.74) is 3.41. The van der Waals surface area contributed by atoms with Gasteiger partial charge in [-0.1, -0.05) is 17.4 Å². The lowest BCUT2D eigenvalue weighted by atomic mass is 9.87. The van der Waals surface area contributed by atoms with Crippen molar-refractivity contribution in [1.82, 2.24) is 10.3 Å². The van der Waals surface area contributed by atoms with Crippen LogP contribution in [0.2, 0.25) is 0 Å². The van der Waals surface area contributed by atoms with Crippen LogP contribution in [0.5, 0.6) is 5.75 Å². The van der Waals surface area contributed by atoms with Gasteiger partial charge in [-0.05, 0) is 42.5 Å². The van der Waals surface area contributed by atoms with Gasteiger partial charge in [0.25, 0.3) is 0 Å². The van der Waals surface area contributed by atoms with Crippen LogP contribution in [0, 0.1) is 0 Å². The molecular weight excluding hydrogens is 260 g/mol. The van der Waals surface area contributed by atoms with Crippen molar-refractivity contribution in [3.05, 3.63) is 50.1 Å². The molecule has 0 amide bonds. The topological polar surface area (TPSA) is 65.1 Å². The molecule has 0 fully saturated rings. The van der Waals surface area contributed by atoms with Gasteiger partial charge in [0, 0.05) is 23.7 Å². The van der Waals surface area contributed by atoms with E-state index in [0.29, 0.717) is 12.3 Å². The van der Waals surface area contributed by atoms with E-state index in [4.69, 9.17) is 0 Å². The second-order valence-corrected chi connectivity index (χ2v) is 5.72. The fourth-order valence-electron chi connectivity index (χ4n) is 2.63. The molecule has 2 aromatic rings. The second kappa shape index (κ2) is 5.19. The molecule has 0 saturated carbocycles. The first-order valence-electron chi connectivity index (χ1n) is 6.44. The van der Waals surface area contributed by atoms with Gasteiger partial charge in [-0.2, -0.15) is 0 Å². The molecule has 0 spiro atoms. The van der Waals surface area contributed by atoms with Crippen molar-refractivity contribution in [2.75, 3.05) is 0 Å². The number of fused-ring (bicyclic) bond motifs is 1. The monoisotopic (exact) mass is 276 g/mol. The lowest BCUT2D eigenvalue weighted by Gasteiger charge is -2.26. The minimum absolute atomic E-state index is 0.0153. The highest BCUT2D eigenvalue weighted by atomic mass is 32.1. The van der Waals surface area contributed by atoms with Crippen LogP contribution in [0.15, 0.2) is 28.4 Å². The molecule has 0 bridgehead atoms. The molecule has 1 aromatic heterocycles. The summed E-state index contributed by atoms with van der Waals surface area (Å²) in [6.45, 7) is 0.651. The number of hydrogen-bond acceptors (Lipinski definition) is 4. The average molecular weight is 276 g/mol. The van der Waals surface area contributed by atoms with E-state index >= 15 is 0 Å². The molecule has 0 aliphatic heterocycles. The summed E-state index contributed by atoms with van der Waals surface area (Å²) in [6, 6.07) is 5.85. The normalized spacial score (nSPS) is 18.2. The predicted octanol–water partition coefficient (Wildman–Crippen LogP) is 2.31. The molecule has 5 heteroatoms. The minimum atomic E-state index is -0.0153. The van der Waals surface area contributed by atoms with Gasteiger partial charge in [0.1, 0.15) is 5.75 Å². The van der Waals surface area contributed by atoms with Crippen molar-refractivity contribution in [3.63, 3.8) is 0 Å². The van der Waals surface area contributed by atoms with E-state index in [-0.39, 0.29) is 10.9 Å². The Balaban J connectivity index is 1.76. The summed E-state index contributed by atoms with van der Waals surface area (Å²) in [6.07, 6.45) is 3.28. The molecule has 1 heterocycles. The number of aromatic hydroxyl groups is 1. The average Bonchev–Trinajstić information content (AvgIpc) is 2.82. The van der Waals surface area contributed by atoms with Crippen LogP contribution in [0.1, 0.15) is 35.7 Å². The van der Waals surface area contributed by atoms with Crippen LogP contribution in [0.4, 0.5) is 0 Å². The lowest BCUT2D eigenvalue weighted by molar-refractivity contribution is 0.444. The molecule has 19 heavy (non-hydrogen) atoms. The number of nitrogens with one attached hydrogen (secondary N) is 2. The first-order valence-corrected chi connectivity index (χ1v) is 7.32. The van der Waals surface area contributed by atoms with Crippen LogP contribution in [0.25, 0.3) is 0 Å². The van der Waals surface area contributed by atoms with Crippen molar-refractivity contribution < 1.29 is 5.11 Å². The van der Waals surface area contributed by atoms with Crippen LogP contribution in [-0.4, -0.2) is 10.1 Å². The van der Waals surface area contributed by atoms with E-state index in [9.17, 15) is 9.90 Å². The number of thiazole rings is 1. The quantitative estimate of drug-likeness (QED) is 0.806.